The van der Waals surface area contributed by atoms with Crippen molar-refractivity contribution < 1.29 is 18.6 Å². The summed E-state index contributed by atoms with van der Waals surface area (Å²) in [6, 6.07) is 10.2. The largest absolute Gasteiger partial charge is 0.497 e. The molecule has 2 aromatic carbocycles. The van der Waals surface area contributed by atoms with Crippen molar-refractivity contribution in [2.75, 3.05) is 21.3 Å². The van der Waals surface area contributed by atoms with E-state index < -0.39 is 4.83 Å². The lowest BCUT2D eigenvalue weighted by Crippen LogP contribution is -2.02. The second-order valence-corrected chi connectivity index (χ2v) is 5.24. The molecule has 112 valence electrons. The van der Waals surface area contributed by atoms with E-state index in [1.165, 1.54) is 13.2 Å². The van der Waals surface area contributed by atoms with Crippen LogP contribution in [0.25, 0.3) is 0 Å². The van der Waals surface area contributed by atoms with Crippen molar-refractivity contribution >= 4 is 15.9 Å². The van der Waals surface area contributed by atoms with Crippen molar-refractivity contribution in [3.63, 3.8) is 0 Å². The number of benzene rings is 2. The zero-order valence-corrected chi connectivity index (χ0v) is 13.6. The average molecular weight is 355 g/mol. The quantitative estimate of drug-likeness (QED) is 0.747. The van der Waals surface area contributed by atoms with Gasteiger partial charge in [0.2, 0.25) is 0 Å². The molecule has 0 saturated heterocycles. The van der Waals surface area contributed by atoms with Crippen LogP contribution in [0.4, 0.5) is 4.39 Å². The first-order valence-electron chi connectivity index (χ1n) is 6.30. The molecule has 1 unspecified atom stereocenters. The number of hydrogen-bond donors (Lipinski definition) is 0. The van der Waals surface area contributed by atoms with Crippen LogP contribution in [0.2, 0.25) is 0 Å². The maximum absolute atomic E-state index is 14.3. The predicted octanol–water partition coefficient (Wildman–Crippen LogP) is 4.34. The number of ether oxygens (including phenoxy) is 3. The monoisotopic (exact) mass is 354 g/mol. The molecule has 0 aromatic heterocycles. The van der Waals surface area contributed by atoms with Crippen molar-refractivity contribution in [1.29, 1.82) is 0 Å². The van der Waals surface area contributed by atoms with Crippen LogP contribution < -0.4 is 14.2 Å². The number of hydrogen-bond acceptors (Lipinski definition) is 3. The minimum Gasteiger partial charge on any atom is -0.497 e. The van der Waals surface area contributed by atoms with Gasteiger partial charge in [-0.2, -0.15) is 0 Å². The lowest BCUT2D eigenvalue weighted by Gasteiger charge is -2.18. The van der Waals surface area contributed by atoms with Gasteiger partial charge >= 0.3 is 0 Å². The second-order valence-electron chi connectivity index (χ2n) is 4.33. The number of halogens is 2. The van der Waals surface area contributed by atoms with E-state index in [9.17, 15) is 4.39 Å². The maximum Gasteiger partial charge on any atom is 0.131 e. The van der Waals surface area contributed by atoms with E-state index in [4.69, 9.17) is 14.2 Å². The molecule has 0 aliphatic rings. The fourth-order valence-corrected chi connectivity index (χ4v) is 2.95. The van der Waals surface area contributed by atoms with Gasteiger partial charge in [-0.1, -0.05) is 28.1 Å². The molecule has 3 nitrogen and oxygen atoms in total. The van der Waals surface area contributed by atoms with Gasteiger partial charge in [-0.3, -0.25) is 0 Å². The molecule has 0 amide bonds. The third-order valence-electron chi connectivity index (χ3n) is 3.20. The molecule has 21 heavy (non-hydrogen) atoms. The van der Waals surface area contributed by atoms with Crippen molar-refractivity contribution in [2.24, 2.45) is 0 Å². The van der Waals surface area contributed by atoms with E-state index in [1.54, 1.807) is 26.4 Å². The minimum absolute atomic E-state index is 0.357. The van der Waals surface area contributed by atoms with E-state index in [2.05, 4.69) is 15.9 Å². The Morgan fingerprint density at radius 1 is 0.952 bits per heavy atom. The zero-order chi connectivity index (χ0) is 15.4. The fraction of sp³-hybridized carbons (Fsp3) is 0.250. The molecule has 0 saturated carbocycles. The van der Waals surface area contributed by atoms with Crippen LogP contribution in [0.3, 0.4) is 0 Å². The molecule has 0 bridgehead atoms. The van der Waals surface area contributed by atoms with Crippen LogP contribution >= 0.6 is 15.9 Å². The highest BCUT2D eigenvalue weighted by Crippen LogP contribution is 2.43. The average Bonchev–Trinajstić information content (AvgIpc) is 2.53. The van der Waals surface area contributed by atoms with Crippen LogP contribution in [0.1, 0.15) is 16.0 Å². The second kappa shape index (κ2) is 6.80. The number of alkyl halides is 1. The van der Waals surface area contributed by atoms with E-state index in [1.807, 2.05) is 18.2 Å². The van der Waals surface area contributed by atoms with Gasteiger partial charge in [0.1, 0.15) is 23.1 Å². The van der Waals surface area contributed by atoms with E-state index in [0.717, 1.165) is 5.56 Å². The van der Waals surface area contributed by atoms with Crippen LogP contribution in [0.15, 0.2) is 36.4 Å². The Morgan fingerprint density at radius 2 is 1.57 bits per heavy atom. The molecule has 2 rings (SSSR count). The Kier molecular flexibility index (Phi) is 5.07. The Hall–Kier alpha value is -1.75. The van der Waals surface area contributed by atoms with Crippen LogP contribution in [-0.2, 0) is 0 Å². The van der Waals surface area contributed by atoms with Gasteiger partial charge in [0.15, 0.2) is 0 Å². The predicted molar refractivity (Wildman–Crippen MR) is 83.3 cm³/mol. The first-order valence-corrected chi connectivity index (χ1v) is 7.22. The van der Waals surface area contributed by atoms with Gasteiger partial charge in [0.05, 0.1) is 31.7 Å². The summed E-state index contributed by atoms with van der Waals surface area (Å²) in [4.78, 5) is -0.394. The molecule has 0 heterocycles. The zero-order valence-electron chi connectivity index (χ0n) is 12.0. The molecular formula is C16H16BrFO3. The fourth-order valence-electron chi connectivity index (χ4n) is 2.13. The molecule has 2 aromatic rings. The first-order chi connectivity index (χ1) is 10.1. The summed E-state index contributed by atoms with van der Waals surface area (Å²) in [5, 5.41) is 0. The Balaban J connectivity index is 2.51. The van der Waals surface area contributed by atoms with E-state index in [-0.39, 0.29) is 5.82 Å². The van der Waals surface area contributed by atoms with Crippen molar-refractivity contribution in [3.05, 3.63) is 53.3 Å². The SMILES string of the molecule is COc1ccc(C(Br)c2c(OC)cccc2OC)c(F)c1. The van der Waals surface area contributed by atoms with Crippen molar-refractivity contribution in [1.82, 2.24) is 0 Å². The van der Waals surface area contributed by atoms with E-state index >= 15 is 0 Å². The van der Waals surface area contributed by atoms with Crippen LogP contribution in [-0.4, -0.2) is 21.3 Å². The molecular weight excluding hydrogens is 339 g/mol. The summed E-state index contributed by atoms with van der Waals surface area (Å²) in [6.07, 6.45) is 0. The van der Waals surface area contributed by atoms with E-state index in [0.29, 0.717) is 22.8 Å². The first kappa shape index (κ1) is 15.6. The van der Waals surface area contributed by atoms with Crippen molar-refractivity contribution in [3.8, 4) is 17.2 Å². The Labute approximate surface area is 131 Å². The maximum atomic E-state index is 14.3. The van der Waals surface area contributed by atoms with Gasteiger partial charge in [0.25, 0.3) is 0 Å². The molecule has 5 heteroatoms. The summed E-state index contributed by atoms with van der Waals surface area (Å²) < 4.78 is 30.0. The molecule has 0 aliphatic heterocycles. The highest BCUT2D eigenvalue weighted by atomic mass is 79.9. The number of rotatable bonds is 5. The third kappa shape index (κ3) is 3.13. The molecule has 0 fully saturated rings. The third-order valence-corrected chi connectivity index (χ3v) is 4.15. The highest BCUT2D eigenvalue weighted by molar-refractivity contribution is 9.09. The summed E-state index contributed by atoms with van der Waals surface area (Å²) >= 11 is 3.53. The lowest BCUT2D eigenvalue weighted by atomic mass is 10.0. The molecule has 0 radical (unpaired) electrons. The summed E-state index contributed by atoms with van der Waals surface area (Å²) in [6.45, 7) is 0. The highest BCUT2D eigenvalue weighted by Gasteiger charge is 2.23. The lowest BCUT2D eigenvalue weighted by molar-refractivity contribution is 0.386. The minimum atomic E-state index is -0.394. The molecule has 1 atom stereocenters. The molecule has 0 spiro atoms. The van der Waals surface area contributed by atoms with Gasteiger partial charge in [0, 0.05) is 11.6 Å². The van der Waals surface area contributed by atoms with Crippen molar-refractivity contribution in [2.45, 2.75) is 4.83 Å². The Morgan fingerprint density at radius 3 is 2.05 bits per heavy atom. The summed E-state index contributed by atoms with van der Waals surface area (Å²) in [5.41, 5.74) is 1.23. The van der Waals surface area contributed by atoms with Gasteiger partial charge < -0.3 is 14.2 Å². The number of methoxy groups -OCH3 is 3. The van der Waals surface area contributed by atoms with Crippen LogP contribution in [0.5, 0.6) is 17.2 Å². The van der Waals surface area contributed by atoms with Gasteiger partial charge in [-0.15, -0.1) is 0 Å². The van der Waals surface area contributed by atoms with Crippen LogP contribution in [0, 0.1) is 5.82 Å². The summed E-state index contributed by atoms with van der Waals surface area (Å²) in [5.74, 6) is 1.38. The Bertz CT molecular complexity index is 609. The molecule has 0 N–H and O–H groups in total. The standard InChI is InChI=1S/C16H16BrFO3/c1-19-10-7-8-11(12(18)9-10)16(17)15-13(20-2)5-4-6-14(15)21-3/h4-9,16H,1-3H3. The smallest absolute Gasteiger partial charge is 0.131 e. The normalized spacial score (nSPS) is 11.9. The van der Waals surface area contributed by atoms with Gasteiger partial charge in [-0.25, -0.2) is 4.39 Å². The topological polar surface area (TPSA) is 27.7 Å². The van der Waals surface area contributed by atoms with Gasteiger partial charge in [-0.05, 0) is 18.2 Å². The summed E-state index contributed by atoms with van der Waals surface area (Å²) in [7, 11) is 4.65. The molecule has 0 aliphatic carbocycles.